The molecule has 0 aliphatic carbocycles. The number of carbonyl (C=O) groups excluding carboxylic acids is 1. The third-order valence-electron chi connectivity index (χ3n) is 3.16. The summed E-state index contributed by atoms with van der Waals surface area (Å²) in [5.74, 6) is 0.311. The van der Waals surface area contributed by atoms with E-state index >= 15 is 0 Å². The molecular formula is C12H13N3O4S. The van der Waals surface area contributed by atoms with Crippen LogP contribution in [0.5, 0.6) is 0 Å². The average Bonchev–Trinajstić information content (AvgIpc) is 3.08. The van der Waals surface area contributed by atoms with Gasteiger partial charge in [-0.05, 0) is 18.6 Å². The van der Waals surface area contributed by atoms with Crippen molar-refractivity contribution in [1.29, 1.82) is 0 Å². The van der Waals surface area contributed by atoms with Crippen LogP contribution >= 0.6 is 0 Å². The average molecular weight is 295 g/mol. The number of aromatic nitrogens is 2. The molecule has 1 aliphatic rings. The lowest BCUT2D eigenvalue weighted by atomic mass is 10.2. The van der Waals surface area contributed by atoms with Gasteiger partial charge in [0.1, 0.15) is 5.69 Å². The number of hydrogen-bond acceptors (Lipinski definition) is 5. The molecule has 1 atom stereocenters. The van der Waals surface area contributed by atoms with Gasteiger partial charge >= 0.3 is 0 Å². The summed E-state index contributed by atoms with van der Waals surface area (Å²) in [6, 6.07) is 4.71. The van der Waals surface area contributed by atoms with Crippen molar-refractivity contribution in [3.63, 3.8) is 0 Å². The van der Waals surface area contributed by atoms with Gasteiger partial charge in [-0.1, -0.05) is 0 Å². The Morgan fingerprint density at radius 2 is 2.35 bits per heavy atom. The highest BCUT2D eigenvalue weighted by Crippen LogP contribution is 2.18. The van der Waals surface area contributed by atoms with Gasteiger partial charge in [-0.3, -0.25) is 9.89 Å². The Hall–Kier alpha value is -2.09. The van der Waals surface area contributed by atoms with Gasteiger partial charge in [0.15, 0.2) is 21.3 Å². The molecule has 1 unspecified atom stereocenters. The van der Waals surface area contributed by atoms with Gasteiger partial charge in [-0.2, -0.15) is 5.10 Å². The van der Waals surface area contributed by atoms with Crippen molar-refractivity contribution in [2.24, 2.45) is 0 Å². The fraction of sp³-hybridized carbons (Fsp3) is 0.333. The maximum Gasteiger partial charge on any atom is 0.272 e. The number of sulfone groups is 1. The van der Waals surface area contributed by atoms with E-state index in [4.69, 9.17) is 4.42 Å². The number of hydrogen-bond donors (Lipinski definition) is 2. The van der Waals surface area contributed by atoms with Crippen LogP contribution in [0.15, 0.2) is 28.9 Å². The molecule has 1 amide bonds. The minimum atomic E-state index is -3.01. The van der Waals surface area contributed by atoms with E-state index in [9.17, 15) is 13.2 Å². The Balaban J connectivity index is 1.69. The molecule has 7 nitrogen and oxygen atoms in total. The van der Waals surface area contributed by atoms with Crippen LogP contribution in [0.25, 0.3) is 11.5 Å². The monoisotopic (exact) mass is 295 g/mol. The normalized spacial score (nSPS) is 20.9. The van der Waals surface area contributed by atoms with Crippen molar-refractivity contribution in [2.45, 2.75) is 12.5 Å². The predicted octanol–water partition coefficient (Wildman–Crippen LogP) is 0.587. The van der Waals surface area contributed by atoms with E-state index in [2.05, 4.69) is 15.5 Å². The predicted molar refractivity (Wildman–Crippen MR) is 70.8 cm³/mol. The number of carbonyl (C=O) groups is 1. The molecular weight excluding hydrogens is 282 g/mol. The van der Waals surface area contributed by atoms with Crippen molar-refractivity contribution >= 4 is 15.7 Å². The minimum Gasteiger partial charge on any atom is -0.463 e. The van der Waals surface area contributed by atoms with Crippen molar-refractivity contribution < 1.29 is 17.6 Å². The summed E-state index contributed by atoms with van der Waals surface area (Å²) in [6.45, 7) is 0. The Kier molecular flexibility index (Phi) is 3.09. The summed E-state index contributed by atoms with van der Waals surface area (Å²) in [5.41, 5.74) is 0.805. The second kappa shape index (κ2) is 4.78. The van der Waals surface area contributed by atoms with Crippen molar-refractivity contribution in [3.8, 4) is 11.5 Å². The molecule has 0 aromatic carbocycles. The number of furan rings is 1. The van der Waals surface area contributed by atoms with Crippen LogP contribution in [0.4, 0.5) is 0 Å². The number of nitrogens with zero attached hydrogens (tertiary/aromatic N) is 1. The Bertz CT molecular complexity index is 718. The molecule has 20 heavy (non-hydrogen) atoms. The van der Waals surface area contributed by atoms with Crippen molar-refractivity contribution in [1.82, 2.24) is 15.5 Å². The topological polar surface area (TPSA) is 105 Å². The zero-order valence-corrected chi connectivity index (χ0v) is 11.3. The lowest BCUT2D eigenvalue weighted by Gasteiger charge is -2.08. The van der Waals surface area contributed by atoms with Gasteiger partial charge in [-0.15, -0.1) is 0 Å². The van der Waals surface area contributed by atoms with Crippen LogP contribution in [0.2, 0.25) is 0 Å². The Morgan fingerprint density at radius 1 is 1.50 bits per heavy atom. The third kappa shape index (κ3) is 2.60. The molecule has 1 fully saturated rings. The smallest absolute Gasteiger partial charge is 0.272 e. The lowest BCUT2D eigenvalue weighted by molar-refractivity contribution is 0.0936. The van der Waals surface area contributed by atoms with Crippen LogP contribution in [0.1, 0.15) is 16.9 Å². The molecule has 3 heterocycles. The van der Waals surface area contributed by atoms with E-state index in [-0.39, 0.29) is 29.1 Å². The Labute approximate surface area is 115 Å². The van der Waals surface area contributed by atoms with Gasteiger partial charge in [0, 0.05) is 12.1 Å². The molecule has 1 aliphatic heterocycles. The van der Waals surface area contributed by atoms with Gasteiger partial charge < -0.3 is 9.73 Å². The summed E-state index contributed by atoms with van der Waals surface area (Å²) < 4.78 is 27.9. The summed E-state index contributed by atoms with van der Waals surface area (Å²) in [4.78, 5) is 12.0. The number of aromatic amines is 1. The fourth-order valence-electron chi connectivity index (χ4n) is 2.16. The summed E-state index contributed by atoms with van der Waals surface area (Å²) in [5, 5.41) is 9.29. The van der Waals surface area contributed by atoms with E-state index in [1.807, 2.05) is 0 Å². The van der Waals surface area contributed by atoms with E-state index in [1.54, 1.807) is 18.2 Å². The van der Waals surface area contributed by atoms with Crippen molar-refractivity contribution in [2.75, 3.05) is 11.5 Å². The number of H-pyrrole nitrogens is 1. The fourth-order valence-corrected chi connectivity index (χ4v) is 3.84. The molecule has 3 rings (SSSR count). The second-order valence-corrected chi connectivity index (χ2v) is 6.95. The maximum atomic E-state index is 12.0. The highest BCUT2D eigenvalue weighted by atomic mass is 32.2. The molecule has 8 heteroatoms. The van der Waals surface area contributed by atoms with E-state index in [1.165, 1.54) is 6.26 Å². The van der Waals surface area contributed by atoms with Gasteiger partial charge in [-0.25, -0.2) is 8.42 Å². The zero-order valence-electron chi connectivity index (χ0n) is 10.5. The van der Waals surface area contributed by atoms with Gasteiger partial charge in [0.05, 0.1) is 17.8 Å². The van der Waals surface area contributed by atoms with Crippen LogP contribution in [0.3, 0.4) is 0 Å². The molecule has 106 valence electrons. The quantitative estimate of drug-likeness (QED) is 0.862. The van der Waals surface area contributed by atoms with Crippen LogP contribution in [0, 0.1) is 0 Å². The molecule has 1 saturated heterocycles. The molecule has 0 spiro atoms. The SMILES string of the molecule is O=C(NC1CCS(=O)(=O)C1)c1cc(-c2ccco2)[nH]n1. The van der Waals surface area contributed by atoms with Crippen molar-refractivity contribution in [3.05, 3.63) is 30.2 Å². The maximum absolute atomic E-state index is 12.0. The van der Waals surface area contributed by atoms with Crippen LogP contribution < -0.4 is 5.32 Å². The van der Waals surface area contributed by atoms with E-state index in [0.29, 0.717) is 17.9 Å². The second-order valence-electron chi connectivity index (χ2n) is 4.72. The largest absolute Gasteiger partial charge is 0.463 e. The first-order valence-electron chi connectivity index (χ1n) is 6.14. The van der Waals surface area contributed by atoms with Crippen LogP contribution in [-0.2, 0) is 9.84 Å². The molecule has 2 aromatic rings. The first-order valence-corrected chi connectivity index (χ1v) is 7.96. The molecule has 0 bridgehead atoms. The highest BCUT2D eigenvalue weighted by Gasteiger charge is 2.29. The van der Waals surface area contributed by atoms with Gasteiger partial charge in [0.25, 0.3) is 5.91 Å². The molecule has 2 N–H and O–H groups in total. The van der Waals surface area contributed by atoms with Gasteiger partial charge in [0.2, 0.25) is 0 Å². The number of amides is 1. The Morgan fingerprint density at radius 3 is 3.00 bits per heavy atom. The number of nitrogens with one attached hydrogen (secondary N) is 2. The lowest BCUT2D eigenvalue weighted by Crippen LogP contribution is -2.35. The first kappa shape index (κ1) is 12.9. The standard InChI is InChI=1S/C12H13N3O4S/c16-12(13-8-3-5-20(17,18)7-8)10-6-9(14-15-10)11-2-1-4-19-11/h1-2,4,6,8H,3,5,7H2,(H,13,16)(H,14,15). The molecule has 2 aromatic heterocycles. The summed E-state index contributed by atoms with van der Waals surface area (Å²) in [7, 11) is -3.01. The minimum absolute atomic E-state index is 0.00575. The molecule has 0 radical (unpaired) electrons. The summed E-state index contributed by atoms with van der Waals surface area (Å²) in [6.07, 6.45) is 1.98. The first-order chi connectivity index (χ1) is 9.53. The third-order valence-corrected chi connectivity index (χ3v) is 4.93. The highest BCUT2D eigenvalue weighted by molar-refractivity contribution is 7.91. The summed E-state index contributed by atoms with van der Waals surface area (Å²) >= 11 is 0. The molecule has 0 saturated carbocycles. The van der Waals surface area contributed by atoms with E-state index < -0.39 is 9.84 Å². The number of rotatable bonds is 3. The van der Waals surface area contributed by atoms with E-state index in [0.717, 1.165) is 0 Å². The van der Waals surface area contributed by atoms with Crippen LogP contribution in [-0.4, -0.2) is 42.1 Å². The zero-order chi connectivity index (χ0) is 14.2.